The second-order valence-corrected chi connectivity index (χ2v) is 12.1. The van der Waals surface area contributed by atoms with Gasteiger partial charge in [0.25, 0.3) is 10.0 Å². The number of aryl methyl sites for hydroxylation is 3. The van der Waals surface area contributed by atoms with Crippen LogP contribution in [0.2, 0.25) is 0 Å². The Bertz CT molecular complexity index is 1370. The first-order valence-corrected chi connectivity index (χ1v) is 15.3. The normalized spacial score (nSPS) is 12.0. The van der Waals surface area contributed by atoms with Crippen molar-refractivity contribution in [2.45, 2.75) is 71.4 Å². The molecule has 0 heterocycles. The van der Waals surface area contributed by atoms with E-state index in [0.717, 1.165) is 35.1 Å². The number of unbranched alkanes of at least 4 members (excludes halogenated alkanes) is 1. The molecule has 0 radical (unpaired) electrons. The minimum atomic E-state index is -4.09. The number of benzene rings is 3. The molecule has 0 aliphatic heterocycles. The van der Waals surface area contributed by atoms with E-state index in [2.05, 4.69) is 5.32 Å². The zero-order chi connectivity index (χ0) is 29.3. The number of carbonyl (C=O) groups excluding carboxylic acids is 2. The van der Waals surface area contributed by atoms with Crippen molar-refractivity contribution < 1.29 is 18.0 Å². The average Bonchev–Trinajstić information content (AvgIpc) is 2.91. The van der Waals surface area contributed by atoms with E-state index in [9.17, 15) is 18.0 Å². The fourth-order valence-electron chi connectivity index (χ4n) is 4.67. The molecule has 0 aliphatic carbocycles. The minimum absolute atomic E-state index is 0.101. The first kappa shape index (κ1) is 30.9. The van der Waals surface area contributed by atoms with Gasteiger partial charge in [-0.05, 0) is 74.6 Å². The van der Waals surface area contributed by atoms with E-state index in [1.165, 1.54) is 9.21 Å². The Balaban J connectivity index is 2.05. The van der Waals surface area contributed by atoms with Crippen molar-refractivity contribution >= 4 is 27.5 Å². The van der Waals surface area contributed by atoms with Crippen LogP contribution in [-0.2, 0) is 26.2 Å². The van der Waals surface area contributed by atoms with Crippen molar-refractivity contribution in [1.82, 2.24) is 10.2 Å². The van der Waals surface area contributed by atoms with Gasteiger partial charge in [-0.25, -0.2) is 8.42 Å². The van der Waals surface area contributed by atoms with Gasteiger partial charge in [0, 0.05) is 13.1 Å². The first-order chi connectivity index (χ1) is 19.1. The third-order valence-corrected chi connectivity index (χ3v) is 8.58. The van der Waals surface area contributed by atoms with E-state index in [0.29, 0.717) is 18.7 Å². The average molecular weight is 564 g/mol. The molecule has 3 aromatic rings. The summed E-state index contributed by atoms with van der Waals surface area (Å²) in [6, 6.07) is 20.8. The van der Waals surface area contributed by atoms with Crippen LogP contribution in [0.25, 0.3) is 0 Å². The second kappa shape index (κ2) is 14.1. The van der Waals surface area contributed by atoms with Crippen molar-refractivity contribution in [3.63, 3.8) is 0 Å². The van der Waals surface area contributed by atoms with Crippen molar-refractivity contribution in [3.05, 3.63) is 95.1 Å². The van der Waals surface area contributed by atoms with Gasteiger partial charge in [0.05, 0.1) is 10.6 Å². The van der Waals surface area contributed by atoms with Crippen LogP contribution in [0.3, 0.4) is 0 Å². The summed E-state index contributed by atoms with van der Waals surface area (Å²) in [5.41, 5.74) is 3.97. The zero-order valence-corrected chi connectivity index (χ0v) is 25.0. The molecule has 40 heavy (non-hydrogen) atoms. The van der Waals surface area contributed by atoms with Gasteiger partial charge in [0.1, 0.15) is 12.6 Å². The van der Waals surface area contributed by atoms with Crippen LogP contribution >= 0.6 is 0 Å². The monoisotopic (exact) mass is 563 g/mol. The molecule has 3 aromatic carbocycles. The number of carbonyl (C=O) groups is 2. The molecule has 0 saturated carbocycles. The molecule has 3 rings (SSSR count). The fourth-order valence-corrected chi connectivity index (χ4v) is 6.06. The molecule has 8 heteroatoms. The molecule has 0 aromatic heterocycles. The summed E-state index contributed by atoms with van der Waals surface area (Å²) in [5, 5.41) is 2.95. The van der Waals surface area contributed by atoms with Gasteiger partial charge in [-0.3, -0.25) is 13.9 Å². The molecule has 2 amide bonds. The zero-order valence-electron chi connectivity index (χ0n) is 24.2. The standard InChI is InChI=1S/C32H41N3O4S/c1-6-8-18-33-32(37)30(7-2)34(22-27-12-10-9-11-13-27)31(36)23-35(28-20-25(4)19-26(5)21-28)40(38,39)29-16-14-24(3)15-17-29/h9-17,19-21,30H,6-8,18,22-23H2,1-5H3,(H,33,37)/t30-/m0/s1. The Kier molecular flexibility index (Phi) is 10.9. The highest BCUT2D eigenvalue weighted by molar-refractivity contribution is 7.92. The second-order valence-electron chi connectivity index (χ2n) is 10.2. The van der Waals surface area contributed by atoms with Gasteiger partial charge in [-0.2, -0.15) is 0 Å². The van der Waals surface area contributed by atoms with Crippen molar-refractivity contribution in [2.24, 2.45) is 0 Å². The molecule has 7 nitrogen and oxygen atoms in total. The Morgan fingerprint density at radius 3 is 2.05 bits per heavy atom. The lowest BCUT2D eigenvalue weighted by Gasteiger charge is -2.33. The Morgan fingerprint density at radius 2 is 1.48 bits per heavy atom. The van der Waals surface area contributed by atoms with Crippen LogP contribution in [0.1, 0.15) is 55.4 Å². The first-order valence-electron chi connectivity index (χ1n) is 13.9. The molecular weight excluding hydrogens is 522 g/mol. The van der Waals surface area contributed by atoms with Gasteiger partial charge in [-0.15, -0.1) is 0 Å². The molecule has 1 N–H and O–H groups in total. The van der Waals surface area contributed by atoms with E-state index >= 15 is 0 Å². The van der Waals surface area contributed by atoms with Crippen LogP contribution in [0.5, 0.6) is 0 Å². The number of sulfonamides is 1. The SMILES string of the molecule is CCCCNC(=O)[C@H](CC)N(Cc1ccccc1)C(=O)CN(c1cc(C)cc(C)c1)S(=O)(=O)c1ccc(C)cc1. The third kappa shape index (κ3) is 7.94. The largest absolute Gasteiger partial charge is 0.354 e. The molecule has 0 aliphatic rings. The van der Waals surface area contributed by atoms with Crippen molar-refractivity contribution in [1.29, 1.82) is 0 Å². The maximum absolute atomic E-state index is 14.1. The van der Waals surface area contributed by atoms with Crippen molar-refractivity contribution in [2.75, 3.05) is 17.4 Å². The van der Waals surface area contributed by atoms with E-state index in [1.807, 2.05) is 71.0 Å². The van der Waals surface area contributed by atoms with Gasteiger partial charge < -0.3 is 10.2 Å². The van der Waals surface area contributed by atoms with E-state index in [4.69, 9.17) is 0 Å². The van der Waals surface area contributed by atoms with E-state index < -0.39 is 28.5 Å². The lowest BCUT2D eigenvalue weighted by molar-refractivity contribution is -0.140. The highest BCUT2D eigenvalue weighted by atomic mass is 32.2. The number of hydrogen-bond donors (Lipinski definition) is 1. The molecule has 1 atom stereocenters. The van der Waals surface area contributed by atoms with Crippen LogP contribution in [0.4, 0.5) is 5.69 Å². The number of hydrogen-bond acceptors (Lipinski definition) is 4. The summed E-state index contributed by atoms with van der Waals surface area (Å²) >= 11 is 0. The number of anilines is 1. The third-order valence-electron chi connectivity index (χ3n) is 6.79. The Labute approximate surface area is 239 Å². The lowest BCUT2D eigenvalue weighted by Crippen LogP contribution is -2.52. The molecule has 0 bridgehead atoms. The van der Waals surface area contributed by atoms with Crippen molar-refractivity contribution in [3.8, 4) is 0 Å². The summed E-state index contributed by atoms with van der Waals surface area (Å²) in [7, 11) is -4.09. The summed E-state index contributed by atoms with van der Waals surface area (Å²) < 4.78 is 29.2. The predicted octanol–water partition coefficient (Wildman–Crippen LogP) is 5.53. The lowest BCUT2D eigenvalue weighted by atomic mass is 10.1. The van der Waals surface area contributed by atoms with Gasteiger partial charge in [0.2, 0.25) is 11.8 Å². The number of rotatable bonds is 13. The van der Waals surface area contributed by atoms with Gasteiger partial charge in [-0.1, -0.05) is 74.4 Å². The number of nitrogens with zero attached hydrogens (tertiary/aromatic N) is 2. The quantitative estimate of drug-likeness (QED) is 0.277. The van der Waals surface area contributed by atoms with Crippen LogP contribution in [0, 0.1) is 20.8 Å². The highest BCUT2D eigenvalue weighted by Gasteiger charge is 2.33. The summed E-state index contributed by atoms with van der Waals surface area (Å²) in [6.45, 7) is 9.85. The summed E-state index contributed by atoms with van der Waals surface area (Å²) in [6.07, 6.45) is 2.17. The van der Waals surface area contributed by atoms with Gasteiger partial charge in [0.15, 0.2) is 0 Å². The Hall–Kier alpha value is -3.65. The van der Waals surface area contributed by atoms with E-state index in [-0.39, 0.29) is 17.3 Å². The summed E-state index contributed by atoms with van der Waals surface area (Å²) in [5.74, 6) is -0.684. The topological polar surface area (TPSA) is 86.8 Å². The molecule has 0 saturated heterocycles. The van der Waals surface area contributed by atoms with Crippen LogP contribution < -0.4 is 9.62 Å². The smallest absolute Gasteiger partial charge is 0.264 e. The molecule has 214 valence electrons. The predicted molar refractivity (Wildman–Crippen MR) is 161 cm³/mol. The molecule has 0 unspecified atom stereocenters. The van der Waals surface area contributed by atoms with Gasteiger partial charge >= 0.3 is 0 Å². The maximum atomic E-state index is 14.1. The van der Waals surface area contributed by atoms with Crippen LogP contribution in [-0.4, -0.2) is 44.3 Å². The molecule has 0 spiro atoms. The Morgan fingerprint density at radius 1 is 0.850 bits per heavy atom. The summed E-state index contributed by atoms with van der Waals surface area (Å²) in [4.78, 5) is 29.0. The van der Waals surface area contributed by atoms with Crippen LogP contribution in [0.15, 0.2) is 77.7 Å². The number of nitrogens with one attached hydrogen (secondary N) is 1. The van der Waals surface area contributed by atoms with E-state index in [1.54, 1.807) is 36.4 Å². The highest BCUT2D eigenvalue weighted by Crippen LogP contribution is 2.27. The minimum Gasteiger partial charge on any atom is -0.354 e. The molecule has 0 fully saturated rings. The molecular formula is C32H41N3O4S. The maximum Gasteiger partial charge on any atom is 0.264 e. The number of amides is 2. The fraction of sp³-hybridized carbons (Fsp3) is 0.375.